The average molecular weight is 625 g/mol. The Morgan fingerprint density at radius 1 is 0.698 bits per heavy atom. The quantitative estimate of drug-likeness (QED) is 0.0614. The summed E-state index contributed by atoms with van der Waals surface area (Å²) in [7, 11) is 0. The molecule has 0 aromatic heterocycles. The van der Waals surface area contributed by atoms with Crippen molar-refractivity contribution >= 4 is 23.5 Å². The first-order chi connectivity index (χ1) is 21.0. The summed E-state index contributed by atoms with van der Waals surface area (Å²) in [6, 6.07) is 0. The number of hydrogen-bond acceptors (Lipinski definition) is 5. The van der Waals surface area contributed by atoms with Crippen LogP contribution in [0.25, 0.3) is 0 Å². The monoisotopic (exact) mass is 625 g/mol. The highest BCUT2D eigenvalue weighted by molar-refractivity contribution is 7.99. The largest absolute Gasteiger partial charge is 0.466 e. The molecule has 1 N–H and O–H groups in total. The second-order valence-corrected chi connectivity index (χ2v) is 14.8. The molecule has 1 fully saturated rings. The van der Waals surface area contributed by atoms with Crippen molar-refractivity contribution in [2.24, 2.45) is 11.8 Å². The second kappa shape index (κ2) is 30.1. The van der Waals surface area contributed by atoms with Gasteiger partial charge < -0.3 is 9.84 Å². The van der Waals surface area contributed by atoms with Gasteiger partial charge in [0.2, 0.25) is 0 Å². The third-order valence-corrected chi connectivity index (χ3v) is 10.7. The Bertz CT molecular complexity index is 633. The van der Waals surface area contributed by atoms with Gasteiger partial charge in [-0.15, -0.1) is 0 Å². The Morgan fingerprint density at radius 2 is 1.33 bits per heavy atom. The first-order valence-corrected chi connectivity index (χ1v) is 20.1. The molecular formula is C38H72O4S. The number of carbonyl (C=O) groups excluding carboxylic acids is 2. The normalized spacial score (nSPS) is 15.4. The van der Waals surface area contributed by atoms with E-state index < -0.39 is 0 Å². The number of ether oxygens (including phenoxy) is 1. The predicted octanol–water partition coefficient (Wildman–Crippen LogP) is 11.4. The van der Waals surface area contributed by atoms with Gasteiger partial charge in [0.25, 0.3) is 0 Å². The van der Waals surface area contributed by atoms with Crippen LogP contribution in [0, 0.1) is 11.8 Å². The van der Waals surface area contributed by atoms with Crippen LogP contribution in [0.4, 0.5) is 0 Å². The Hall–Kier alpha value is -0.550. The maximum Gasteiger partial charge on any atom is 0.305 e. The molecule has 0 radical (unpaired) electrons. The van der Waals surface area contributed by atoms with Gasteiger partial charge in [-0.05, 0) is 62.5 Å². The van der Waals surface area contributed by atoms with Crippen LogP contribution < -0.4 is 0 Å². The number of ketones is 1. The fraction of sp³-hybridized carbons (Fsp3) is 0.947. The van der Waals surface area contributed by atoms with Crippen molar-refractivity contribution in [2.75, 3.05) is 18.1 Å². The Morgan fingerprint density at radius 3 is 2.05 bits per heavy atom. The SMILES string of the molecule is CCCCCCCC(CCCCC)CCC(=O)OCCCCCC(=O)CCCCCSCC(O)CCCC1CCCCC1. The number of esters is 1. The highest BCUT2D eigenvalue weighted by Crippen LogP contribution is 2.28. The van der Waals surface area contributed by atoms with E-state index in [0.29, 0.717) is 37.6 Å². The number of aliphatic hydroxyl groups excluding tert-OH is 1. The summed E-state index contributed by atoms with van der Waals surface area (Å²) < 4.78 is 5.51. The van der Waals surface area contributed by atoms with Crippen molar-refractivity contribution < 1.29 is 19.4 Å². The van der Waals surface area contributed by atoms with Gasteiger partial charge in [-0.1, -0.05) is 129 Å². The molecule has 0 heterocycles. The maximum absolute atomic E-state index is 12.3. The van der Waals surface area contributed by atoms with Gasteiger partial charge in [0, 0.05) is 25.0 Å². The van der Waals surface area contributed by atoms with Crippen molar-refractivity contribution in [3.05, 3.63) is 0 Å². The van der Waals surface area contributed by atoms with Crippen LogP contribution >= 0.6 is 11.8 Å². The molecule has 1 aliphatic rings. The maximum atomic E-state index is 12.3. The van der Waals surface area contributed by atoms with Crippen molar-refractivity contribution in [2.45, 2.75) is 200 Å². The number of carbonyl (C=O) groups is 2. The van der Waals surface area contributed by atoms with E-state index >= 15 is 0 Å². The van der Waals surface area contributed by atoms with Gasteiger partial charge in [0.05, 0.1) is 12.7 Å². The lowest BCUT2D eigenvalue weighted by Gasteiger charge is -2.21. The minimum absolute atomic E-state index is 0.0371. The van der Waals surface area contributed by atoms with Gasteiger partial charge in [0.1, 0.15) is 5.78 Å². The fourth-order valence-electron chi connectivity index (χ4n) is 6.58. The number of hydrogen-bond donors (Lipinski definition) is 1. The third-order valence-electron chi connectivity index (χ3n) is 9.48. The molecule has 0 aromatic carbocycles. The predicted molar refractivity (Wildman–Crippen MR) is 187 cm³/mol. The topological polar surface area (TPSA) is 63.6 Å². The van der Waals surface area contributed by atoms with Gasteiger partial charge >= 0.3 is 5.97 Å². The summed E-state index contributed by atoms with van der Waals surface area (Å²) in [5, 5.41) is 10.3. The zero-order chi connectivity index (χ0) is 31.2. The lowest BCUT2D eigenvalue weighted by atomic mass is 9.85. The molecule has 43 heavy (non-hydrogen) atoms. The van der Waals surface area contributed by atoms with Crippen LogP contribution in [0.5, 0.6) is 0 Å². The number of rotatable bonds is 31. The highest BCUT2D eigenvalue weighted by Gasteiger charge is 2.14. The van der Waals surface area contributed by atoms with Crippen LogP contribution in [-0.4, -0.2) is 41.1 Å². The molecule has 4 nitrogen and oxygen atoms in total. The molecule has 0 saturated heterocycles. The first kappa shape index (κ1) is 40.5. The number of aliphatic hydroxyl groups is 1. The van der Waals surface area contributed by atoms with E-state index in [-0.39, 0.29) is 12.1 Å². The third kappa shape index (κ3) is 26.4. The van der Waals surface area contributed by atoms with E-state index in [4.69, 9.17) is 4.74 Å². The molecule has 0 aromatic rings. The van der Waals surface area contributed by atoms with E-state index in [1.54, 1.807) is 0 Å². The molecule has 1 rings (SSSR count). The van der Waals surface area contributed by atoms with Crippen LogP contribution in [0.1, 0.15) is 194 Å². The summed E-state index contributed by atoms with van der Waals surface area (Å²) in [5.74, 6) is 3.88. The number of Topliss-reactive ketones (excluding diaryl/α,β-unsaturated/α-hetero) is 1. The van der Waals surface area contributed by atoms with Crippen molar-refractivity contribution in [1.82, 2.24) is 0 Å². The Labute approximate surface area is 272 Å². The highest BCUT2D eigenvalue weighted by atomic mass is 32.2. The number of thioether (sulfide) groups is 1. The lowest BCUT2D eigenvalue weighted by molar-refractivity contribution is -0.144. The van der Waals surface area contributed by atoms with Crippen molar-refractivity contribution in [3.63, 3.8) is 0 Å². The molecule has 0 bridgehead atoms. The molecule has 0 spiro atoms. The van der Waals surface area contributed by atoms with Gasteiger partial charge in [0.15, 0.2) is 0 Å². The van der Waals surface area contributed by atoms with Gasteiger partial charge in [-0.3, -0.25) is 9.59 Å². The van der Waals surface area contributed by atoms with Crippen LogP contribution in [0.15, 0.2) is 0 Å². The zero-order valence-corrected chi connectivity index (χ0v) is 29.5. The van der Waals surface area contributed by atoms with Crippen LogP contribution in [0.2, 0.25) is 0 Å². The molecular weight excluding hydrogens is 552 g/mol. The van der Waals surface area contributed by atoms with E-state index in [2.05, 4.69) is 13.8 Å². The summed E-state index contributed by atoms with van der Waals surface area (Å²) >= 11 is 1.87. The lowest BCUT2D eigenvalue weighted by Crippen LogP contribution is -2.12. The molecule has 1 saturated carbocycles. The number of unbranched alkanes of at least 4 members (excludes halogenated alkanes) is 10. The first-order valence-electron chi connectivity index (χ1n) is 19.0. The molecule has 5 heteroatoms. The standard InChI is InChI=1S/C38H72O4S/c1-3-5-7-8-13-24-35(21-12-6-4-2)29-30-38(41)42-31-18-10-16-26-36(39)27-17-11-19-32-43-33-37(40)28-20-25-34-22-14-9-15-23-34/h34-35,37,40H,3-33H2,1-2H3. The van der Waals surface area contributed by atoms with Crippen LogP contribution in [0.3, 0.4) is 0 Å². The van der Waals surface area contributed by atoms with Gasteiger partial charge in [-0.25, -0.2) is 0 Å². The summed E-state index contributed by atoms with van der Waals surface area (Å²) in [6.45, 7) is 5.01. The van der Waals surface area contributed by atoms with E-state index in [9.17, 15) is 14.7 Å². The van der Waals surface area contributed by atoms with E-state index in [1.165, 1.54) is 109 Å². The smallest absolute Gasteiger partial charge is 0.305 e. The Kier molecular flexibility index (Phi) is 28.4. The molecule has 2 unspecified atom stereocenters. The fourth-order valence-corrected chi connectivity index (χ4v) is 7.60. The Balaban J connectivity index is 1.92. The van der Waals surface area contributed by atoms with Crippen molar-refractivity contribution in [3.8, 4) is 0 Å². The minimum atomic E-state index is -0.152. The second-order valence-electron chi connectivity index (χ2n) is 13.6. The minimum Gasteiger partial charge on any atom is -0.466 e. The molecule has 0 amide bonds. The van der Waals surface area contributed by atoms with Crippen molar-refractivity contribution in [1.29, 1.82) is 0 Å². The molecule has 0 aliphatic heterocycles. The summed E-state index contributed by atoms with van der Waals surface area (Å²) in [6.07, 6.45) is 32.1. The summed E-state index contributed by atoms with van der Waals surface area (Å²) in [5.41, 5.74) is 0. The molecule has 2 atom stereocenters. The molecule has 1 aliphatic carbocycles. The zero-order valence-electron chi connectivity index (χ0n) is 28.7. The van der Waals surface area contributed by atoms with Gasteiger partial charge in [-0.2, -0.15) is 11.8 Å². The average Bonchev–Trinajstić information content (AvgIpc) is 3.01. The van der Waals surface area contributed by atoms with E-state index in [0.717, 1.165) is 68.8 Å². The van der Waals surface area contributed by atoms with E-state index in [1.807, 2.05) is 11.8 Å². The summed E-state index contributed by atoms with van der Waals surface area (Å²) in [4.78, 5) is 24.5. The van der Waals surface area contributed by atoms with Crippen LogP contribution in [-0.2, 0) is 14.3 Å². The molecule has 254 valence electrons.